The Labute approximate surface area is 259 Å². The second-order valence-electron chi connectivity index (χ2n) is 13.4. The number of aliphatic carboxylic acids is 1. The first kappa shape index (κ1) is 33.6. The monoisotopic (exact) mass is 630 g/mol. The van der Waals surface area contributed by atoms with Crippen molar-refractivity contribution in [3.8, 4) is 0 Å². The molecule has 0 saturated heterocycles. The molecule has 2 saturated carbocycles. The lowest BCUT2D eigenvalue weighted by Crippen LogP contribution is -2.50. The number of carboxylic acids is 1. The highest BCUT2D eigenvalue weighted by Gasteiger charge is 2.60. The molecule has 0 spiro atoms. The molecule has 2 fully saturated rings. The molecular weight excluding hydrogens is 584 g/mol. The van der Waals surface area contributed by atoms with E-state index in [1.807, 2.05) is 31.2 Å². The Morgan fingerprint density at radius 3 is 2.32 bits per heavy atom. The number of carbonyl (C=O) groups excluding carboxylic acids is 3. The molecule has 0 radical (unpaired) electrons. The molecule has 1 heterocycles. The Bertz CT molecular complexity index is 1510. The number of aromatic amines is 1. The van der Waals surface area contributed by atoms with E-state index >= 15 is 0 Å². The van der Waals surface area contributed by atoms with Crippen LogP contribution in [0, 0.1) is 28.6 Å². The minimum atomic E-state index is -3.84. The number of rotatable bonds is 15. The fourth-order valence-corrected chi connectivity index (χ4v) is 9.26. The van der Waals surface area contributed by atoms with Crippen LogP contribution in [-0.4, -0.2) is 67.0 Å². The quantitative estimate of drug-likeness (QED) is 0.232. The van der Waals surface area contributed by atoms with Gasteiger partial charge in [-0.25, -0.2) is 13.1 Å². The molecule has 2 aliphatic rings. The molecular formula is C32H46N4O7S. The number of amides is 2. The topological polar surface area (TPSA) is 166 Å². The third-order valence-corrected chi connectivity index (χ3v) is 11.9. The molecule has 1 aromatic carbocycles. The summed E-state index contributed by atoms with van der Waals surface area (Å²) in [5.41, 5.74) is 1.10. The van der Waals surface area contributed by atoms with E-state index in [0.29, 0.717) is 18.2 Å². The Kier molecular flexibility index (Phi) is 9.94. The lowest BCUT2D eigenvalue weighted by atomic mass is 9.71. The first-order valence-corrected chi connectivity index (χ1v) is 17.1. The van der Waals surface area contributed by atoms with Crippen LogP contribution in [0.1, 0.15) is 73.1 Å². The van der Waals surface area contributed by atoms with Gasteiger partial charge in [0.2, 0.25) is 21.8 Å². The third-order valence-electron chi connectivity index (χ3n) is 10.4. The van der Waals surface area contributed by atoms with Crippen molar-refractivity contribution in [2.24, 2.45) is 28.6 Å². The highest BCUT2D eigenvalue weighted by molar-refractivity contribution is 7.89. The van der Waals surface area contributed by atoms with Crippen LogP contribution >= 0.6 is 0 Å². The van der Waals surface area contributed by atoms with Gasteiger partial charge in [-0.2, -0.15) is 0 Å². The number of anilines is 1. The summed E-state index contributed by atoms with van der Waals surface area (Å²) >= 11 is 0. The van der Waals surface area contributed by atoms with Gasteiger partial charge >= 0.3 is 5.97 Å². The Morgan fingerprint density at radius 1 is 1.09 bits per heavy atom. The maximum absolute atomic E-state index is 13.5. The lowest BCUT2D eigenvalue weighted by Gasteiger charge is -2.37. The number of H-pyrrole nitrogens is 1. The highest BCUT2D eigenvalue weighted by atomic mass is 32.2. The number of fused-ring (bicyclic) bond motifs is 3. The third kappa shape index (κ3) is 6.86. The zero-order valence-electron chi connectivity index (χ0n) is 26.3. The van der Waals surface area contributed by atoms with Crippen molar-refractivity contribution in [3.05, 3.63) is 30.5 Å². The van der Waals surface area contributed by atoms with E-state index in [1.54, 1.807) is 24.9 Å². The smallest absolute Gasteiger partial charge is 0.305 e. The van der Waals surface area contributed by atoms with E-state index in [4.69, 9.17) is 0 Å². The maximum Gasteiger partial charge on any atom is 0.305 e. The second-order valence-corrected chi connectivity index (χ2v) is 15.2. The molecule has 242 valence electrons. The summed E-state index contributed by atoms with van der Waals surface area (Å²) in [7, 11) is -3.84. The minimum Gasteiger partial charge on any atom is -0.481 e. The summed E-state index contributed by atoms with van der Waals surface area (Å²) < 4.78 is 28.6. The number of carboxylic acid groups (broad SMARTS) is 1. The number of nitrogens with zero attached hydrogens (tertiary/aromatic N) is 1. The number of hydrogen-bond acceptors (Lipinski definition) is 6. The Balaban J connectivity index is 1.42. The number of nitrogens with one attached hydrogen (secondary N) is 3. The van der Waals surface area contributed by atoms with Gasteiger partial charge in [-0.3, -0.25) is 19.2 Å². The fourth-order valence-electron chi connectivity index (χ4n) is 7.41. The van der Waals surface area contributed by atoms with Gasteiger partial charge in [0.15, 0.2) is 5.78 Å². The van der Waals surface area contributed by atoms with E-state index in [2.05, 4.69) is 28.9 Å². The van der Waals surface area contributed by atoms with Crippen molar-refractivity contribution in [1.82, 2.24) is 15.0 Å². The summed E-state index contributed by atoms with van der Waals surface area (Å²) in [4.78, 5) is 56.4. The van der Waals surface area contributed by atoms with Crippen molar-refractivity contribution in [2.75, 3.05) is 23.7 Å². The van der Waals surface area contributed by atoms with E-state index in [1.165, 1.54) is 0 Å². The number of Topliss-reactive ketones (excluding diaryl/α,β-unsaturated/α-hetero) is 1. The van der Waals surface area contributed by atoms with Crippen LogP contribution in [0.3, 0.4) is 0 Å². The maximum atomic E-state index is 13.5. The lowest BCUT2D eigenvalue weighted by molar-refractivity contribution is -0.140. The van der Waals surface area contributed by atoms with Gasteiger partial charge in [-0.1, -0.05) is 45.9 Å². The summed E-state index contributed by atoms with van der Waals surface area (Å²) in [5, 5.41) is 12.9. The average Bonchev–Trinajstić information content (AvgIpc) is 3.55. The normalized spacial score (nSPS) is 22.2. The molecule has 4 N–H and O–H groups in total. The van der Waals surface area contributed by atoms with Crippen molar-refractivity contribution in [2.45, 2.75) is 79.2 Å². The zero-order valence-corrected chi connectivity index (χ0v) is 27.1. The van der Waals surface area contributed by atoms with Crippen molar-refractivity contribution < 1.29 is 32.7 Å². The number of benzene rings is 1. The molecule has 2 amide bonds. The van der Waals surface area contributed by atoms with E-state index in [-0.39, 0.29) is 34.8 Å². The first-order chi connectivity index (χ1) is 20.6. The number of hydrogen-bond donors (Lipinski definition) is 4. The molecule has 2 atom stereocenters. The molecule has 2 bridgehead atoms. The van der Waals surface area contributed by atoms with Crippen molar-refractivity contribution in [3.63, 3.8) is 0 Å². The molecule has 2 aliphatic carbocycles. The number of sulfonamides is 1. The molecule has 0 aliphatic heterocycles. The number of carbonyl (C=O) groups is 4. The summed E-state index contributed by atoms with van der Waals surface area (Å²) in [6.45, 7) is 9.37. The summed E-state index contributed by atoms with van der Waals surface area (Å²) in [6, 6.07) is 6.12. The van der Waals surface area contributed by atoms with Crippen LogP contribution in [0.15, 0.2) is 30.5 Å². The van der Waals surface area contributed by atoms with Crippen molar-refractivity contribution >= 4 is 50.2 Å². The van der Waals surface area contributed by atoms with Crippen LogP contribution in [0.5, 0.6) is 0 Å². The SMILES string of the molecule is CCN(C(=O)CC(C(=O)NC(CC(=O)O)C(=O)CNS(=O)(=O)CC12CCC(CC1)C2(C)C)C(C)C)c1c[nH]c2ccccc12. The van der Waals surface area contributed by atoms with Crippen LogP contribution in [0.25, 0.3) is 10.9 Å². The predicted octanol–water partition coefficient (Wildman–Crippen LogP) is 3.85. The standard InChI is InChI=1S/C32H46N4O7S/c1-6-36(26-17-33-24-10-8-7-9-22(24)26)28(38)15-23(20(2)3)30(41)35-25(16-29(39)40)27(37)18-34-44(42,43)19-32-13-11-21(12-14-32)31(32,4)5/h7-10,17,20-21,23,25,33-34H,6,11-16,18-19H2,1-5H3,(H,35,41)(H,39,40). The molecule has 2 aromatic rings. The fraction of sp³-hybridized carbons (Fsp3) is 0.625. The van der Waals surface area contributed by atoms with Gasteiger partial charge in [-0.05, 0) is 61.3 Å². The first-order valence-electron chi connectivity index (χ1n) is 15.5. The highest BCUT2D eigenvalue weighted by Crippen LogP contribution is 2.66. The van der Waals surface area contributed by atoms with Gasteiger partial charge in [0.25, 0.3) is 0 Å². The van der Waals surface area contributed by atoms with E-state index < -0.39 is 52.6 Å². The summed E-state index contributed by atoms with van der Waals surface area (Å²) in [5.74, 6) is -3.73. The molecule has 4 rings (SSSR count). The molecule has 44 heavy (non-hydrogen) atoms. The number of aromatic nitrogens is 1. The van der Waals surface area contributed by atoms with Crippen LogP contribution in [-0.2, 0) is 29.2 Å². The Hall–Kier alpha value is -3.25. The largest absolute Gasteiger partial charge is 0.481 e. The molecule has 2 unspecified atom stereocenters. The molecule has 1 aromatic heterocycles. The van der Waals surface area contributed by atoms with Gasteiger partial charge in [0, 0.05) is 36.0 Å². The van der Waals surface area contributed by atoms with Gasteiger partial charge in [0.1, 0.15) is 0 Å². The predicted molar refractivity (Wildman–Crippen MR) is 168 cm³/mol. The molecule has 11 nitrogen and oxygen atoms in total. The second kappa shape index (κ2) is 13.0. The van der Waals surface area contributed by atoms with Crippen LogP contribution in [0.4, 0.5) is 5.69 Å². The number of ketones is 1. The van der Waals surface area contributed by atoms with E-state index in [0.717, 1.165) is 36.6 Å². The summed E-state index contributed by atoms with van der Waals surface area (Å²) in [6.07, 6.45) is 4.51. The van der Waals surface area contributed by atoms with Gasteiger partial charge in [-0.15, -0.1) is 0 Å². The van der Waals surface area contributed by atoms with Gasteiger partial charge in [0.05, 0.1) is 30.4 Å². The van der Waals surface area contributed by atoms with Crippen LogP contribution < -0.4 is 14.9 Å². The van der Waals surface area contributed by atoms with Crippen molar-refractivity contribution in [1.29, 1.82) is 0 Å². The number of para-hydroxylation sites is 1. The molecule has 12 heteroatoms. The Morgan fingerprint density at radius 2 is 1.75 bits per heavy atom. The zero-order chi connectivity index (χ0) is 32.4. The van der Waals surface area contributed by atoms with Gasteiger partial charge < -0.3 is 20.3 Å². The van der Waals surface area contributed by atoms with E-state index in [9.17, 15) is 32.7 Å². The van der Waals surface area contributed by atoms with Crippen LogP contribution in [0.2, 0.25) is 0 Å². The minimum absolute atomic E-state index is 0.0887. The average molecular weight is 631 g/mol.